The predicted molar refractivity (Wildman–Crippen MR) is 92.4 cm³/mol. The molecule has 0 aliphatic heterocycles. The number of benzene rings is 1. The molecule has 0 bridgehead atoms. The minimum atomic E-state index is -1.05. The van der Waals surface area contributed by atoms with Crippen LogP contribution in [0.5, 0.6) is 5.75 Å². The van der Waals surface area contributed by atoms with Crippen LogP contribution in [0.15, 0.2) is 24.3 Å². The van der Waals surface area contributed by atoms with Crippen molar-refractivity contribution in [3.8, 4) is 5.75 Å². The van der Waals surface area contributed by atoms with E-state index in [2.05, 4.69) is 10.6 Å². The molecule has 2 rings (SSSR count). The Balaban J connectivity index is 1.75. The number of carboxylic acids is 1. The van der Waals surface area contributed by atoms with Crippen LogP contribution >= 0.6 is 0 Å². The third-order valence-electron chi connectivity index (χ3n) is 4.11. The summed E-state index contributed by atoms with van der Waals surface area (Å²) in [6, 6.07) is 6.22. The molecule has 1 aliphatic rings. The van der Waals surface area contributed by atoms with Crippen LogP contribution in [0.25, 0.3) is 0 Å². The number of aliphatic carboxylic acids is 1. The van der Waals surface area contributed by atoms with Gasteiger partial charge in [-0.15, -0.1) is 0 Å². The molecule has 3 N–H and O–H groups in total. The molecular formula is C18H24N2O5. The van der Waals surface area contributed by atoms with E-state index in [1.54, 1.807) is 24.3 Å². The van der Waals surface area contributed by atoms with E-state index >= 15 is 0 Å². The molecule has 0 radical (unpaired) electrons. The molecule has 0 saturated heterocycles. The van der Waals surface area contributed by atoms with Crippen LogP contribution in [-0.4, -0.2) is 35.5 Å². The van der Waals surface area contributed by atoms with E-state index in [0.717, 1.165) is 25.7 Å². The van der Waals surface area contributed by atoms with Gasteiger partial charge < -0.3 is 20.5 Å². The zero-order valence-corrected chi connectivity index (χ0v) is 14.3. The molecule has 1 saturated carbocycles. The maximum Gasteiger partial charge on any atom is 0.341 e. The highest BCUT2D eigenvalue weighted by Crippen LogP contribution is 2.24. The lowest BCUT2D eigenvalue weighted by molar-refractivity contribution is -0.139. The molecule has 0 heterocycles. The maximum atomic E-state index is 12.1. The lowest BCUT2D eigenvalue weighted by Crippen LogP contribution is -2.38. The van der Waals surface area contributed by atoms with Gasteiger partial charge in [0.2, 0.25) is 11.8 Å². The van der Waals surface area contributed by atoms with E-state index < -0.39 is 12.6 Å². The van der Waals surface area contributed by atoms with Crippen molar-refractivity contribution in [3.05, 3.63) is 24.3 Å². The first-order valence-corrected chi connectivity index (χ1v) is 8.49. The second-order valence-corrected chi connectivity index (χ2v) is 6.35. The van der Waals surface area contributed by atoms with Crippen molar-refractivity contribution in [2.24, 2.45) is 5.92 Å². The van der Waals surface area contributed by atoms with E-state index in [4.69, 9.17) is 9.84 Å². The Hall–Kier alpha value is -2.57. The lowest BCUT2D eigenvalue weighted by atomic mass is 10.1. The largest absolute Gasteiger partial charge is 0.482 e. The first-order chi connectivity index (χ1) is 11.9. The molecule has 1 unspecified atom stereocenters. The molecule has 1 fully saturated rings. The van der Waals surface area contributed by atoms with Crippen molar-refractivity contribution in [2.75, 3.05) is 11.9 Å². The summed E-state index contributed by atoms with van der Waals surface area (Å²) in [5, 5.41) is 14.2. The second kappa shape index (κ2) is 9.05. The van der Waals surface area contributed by atoms with Gasteiger partial charge in [0.1, 0.15) is 5.75 Å². The zero-order valence-electron chi connectivity index (χ0n) is 14.3. The van der Waals surface area contributed by atoms with E-state index in [1.165, 1.54) is 0 Å². The molecule has 1 aromatic rings. The van der Waals surface area contributed by atoms with Gasteiger partial charge in [0.15, 0.2) is 6.61 Å². The average molecular weight is 348 g/mol. The fourth-order valence-electron chi connectivity index (χ4n) is 2.87. The topological polar surface area (TPSA) is 105 Å². The number of hydrogen-bond acceptors (Lipinski definition) is 4. The van der Waals surface area contributed by atoms with E-state index in [9.17, 15) is 14.4 Å². The minimum Gasteiger partial charge on any atom is -0.482 e. The summed E-state index contributed by atoms with van der Waals surface area (Å²) in [5.74, 6) is -0.705. The van der Waals surface area contributed by atoms with Crippen molar-refractivity contribution in [1.29, 1.82) is 0 Å². The molecule has 136 valence electrons. The summed E-state index contributed by atoms with van der Waals surface area (Å²) in [4.78, 5) is 34.5. The van der Waals surface area contributed by atoms with Gasteiger partial charge in [0.25, 0.3) is 0 Å². The summed E-state index contributed by atoms with van der Waals surface area (Å²) in [7, 11) is 0. The van der Waals surface area contributed by atoms with Crippen molar-refractivity contribution in [3.63, 3.8) is 0 Å². The Kier molecular flexibility index (Phi) is 6.80. The minimum absolute atomic E-state index is 0.0396. The van der Waals surface area contributed by atoms with Crippen molar-refractivity contribution < 1.29 is 24.2 Å². The molecular weight excluding hydrogens is 324 g/mol. The standard InChI is InChI=1S/C18H24N2O5/c1-12(19-18(24)13-4-2-3-5-13)10-16(21)20-14-6-8-15(9-7-14)25-11-17(22)23/h6-9,12-13H,2-5,10-11H2,1H3,(H,19,24)(H,20,21)(H,22,23). The highest BCUT2D eigenvalue weighted by molar-refractivity contribution is 5.91. The molecule has 7 heteroatoms. The number of carboxylic acid groups (broad SMARTS) is 1. The SMILES string of the molecule is CC(CC(=O)Nc1ccc(OCC(=O)O)cc1)NC(=O)C1CCCC1. The van der Waals surface area contributed by atoms with Crippen molar-refractivity contribution >= 4 is 23.5 Å². The number of hydrogen-bond donors (Lipinski definition) is 3. The highest BCUT2D eigenvalue weighted by atomic mass is 16.5. The van der Waals surface area contributed by atoms with Gasteiger partial charge in [-0.2, -0.15) is 0 Å². The van der Waals surface area contributed by atoms with Crippen molar-refractivity contribution in [1.82, 2.24) is 5.32 Å². The lowest BCUT2D eigenvalue weighted by Gasteiger charge is -2.16. The van der Waals surface area contributed by atoms with E-state index in [-0.39, 0.29) is 30.2 Å². The van der Waals surface area contributed by atoms with Gasteiger partial charge in [-0.05, 0) is 44.0 Å². The predicted octanol–water partition coefficient (Wildman–Crippen LogP) is 2.17. The number of nitrogens with one attached hydrogen (secondary N) is 2. The first kappa shape index (κ1) is 18.8. The zero-order chi connectivity index (χ0) is 18.2. The third-order valence-corrected chi connectivity index (χ3v) is 4.11. The number of ether oxygens (including phenoxy) is 1. The Morgan fingerprint density at radius 1 is 1.20 bits per heavy atom. The monoisotopic (exact) mass is 348 g/mol. The van der Waals surface area contributed by atoms with Crippen LogP contribution in [0.4, 0.5) is 5.69 Å². The maximum absolute atomic E-state index is 12.1. The molecule has 25 heavy (non-hydrogen) atoms. The smallest absolute Gasteiger partial charge is 0.341 e. The third kappa shape index (κ3) is 6.45. The van der Waals surface area contributed by atoms with E-state index in [1.807, 2.05) is 6.92 Å². The molecule has 1 aliphatic carbocycles. The summed E-state index contributed by atoms with van der Waals surface area (Å²) < 4.78 is 5.02. The Morgan fingerprint density at radius 3 is 2.44 bits per heavy atom. The Morgan fingerprint density at radius 2 is 1.84 bits per heavy atom. The molecule has 1 atom stereocenters. The van der Waals surface area contributed by atoms with Gasteiger partial charge in [-0.1, -0.05) is 12.8 Å². The van der Waals surface area contributed by atoms with E-state index in [0.29, 0.717) is 11.4 Å². The number of amides is 2. The molecule has 1 aromatic carbocycles. The van der Waals surface area contributed by atoms with Gasteiger partial charge >= 0.3 is 5.97 Å². The number of carbonyl (C=O) groups is 3. The van der Waals surface area contributed by atoms with Crippen LogP contribution < -0.4 is 15.4 Å². The van der Waals surface area contributed by atoms with Crippen LogP contribution in [-0.2, 0) is 14.4 Å². The van der Waals surface area contributed by atoms with Crippen molar-refractivity contribution in [2.45, 2.75) is 45.1 Å². The Labute approximate surface area is 146 Å². The summed E-state index contributed by atoms with van der Waals surface area (Å²) in [6.45, 7) is 1.40. The number of anilines is 1. The first-order valence-electron chi connectivity index (χ1n) is 8.49. The normalized spacial score (nSPS) is 15.4. The van der Waals surface area contributed by atoms with Crippen LogP contribution in [0.2, 0.25) is 0 Å². The fraction of sp³-hybridized carbons (Fsp3) is 0.500. The number of rotatable bonds is 8. The Bertz CT molecular complexity index is 608. The molecule has 0 aromatic heterocycles. The van der Waals surface area contributed by atoms with Gasteiger partial charge in [0.05, 0.1) is 0 Å². The summed E-state index contributed by atoms with van der Waals surface area (Å²) in [6.07, 6.45) is 4.25. The second-order valence-electron chi connectivity index (χ2n) is 6.35. The number of carbonyl (C=O) groups excluding carboxylic acids is 2. The van der Waals surface area contributed by atoms with Gasteiger partial charge in [-0.3, -0.25) is 9.59 Å². The van der Waals surface area contributed by atoms with Gasteiger partial charge in [-0.25, -0.2) is 4.79 Å². The van der Waals surface area contributed by atoms with Gasteiger partial charge in [0, 0.05) is 24.1 Å². The molecule has 7 nitrogen and oxygen atoms in total. The summed E-state index contributed by atoms with van der Waals surface area (Å²) >= 11 is 0. The summed E-state index contributed by atoms with van der Waals surface area (Å²) in [5.41, 5.74) is 0.585. The van der Waals surface area contributed by atoms with Crippen LogP contribution in [0.3, 0.4) is 0 Å². The van der Waals surface area contributed by atoms with Crippen LogP contribution in [0.1, 0.15) is 39.0 Å². The highest BCUT2D eigenvalue weighted by Gasteiger charge is 2.24. The molecule has 0 spiro atoms. The molecule has 2 amide bonds. The quantitative estimate of drug-likeness (QED) is 0.668. The average Bonchev–Trinajstić information content (AvgIpc) is 3.08. The fourth-order valence-corrected chi connectivity index (χ4v) is 2.87. The van der Waals surface area contributed by atoms with Crippen LogP contribution in [0, 0.1) is 5.92 Å².